The molecule has 0 radical (unpaired) electrons. The number of amides is 1. The normalized spacial score (nSPS) is 11.3. The second-order valence-corrected chi connectivity index (χ2v) is 4.83. The Morgan fingerprint density at radius 3 is 2.37 bits per heavy atom. The number of hydrazone groups is 1. The molecule has 1 rings (SSSR count). The van der Waals surface area contributed by atoms with E-state index in [0.29, 0.717) is 0 Å². The smallest absolute Gasteiger partial charge is 0.226 e. The van der Waals surface area contributed by atoms with Gasteiger partial charge in [0.15, 0.2) is 5.11 Å². The number of anilines is 1. The molecule has 0 heterocycles. The van der Waals surface area contributed by atoms with Crippen LogP contribution in [0.3, 0.4) is 0 Å². The van der Waals surface area contributed by atoms with Crippen LogP contribution < -0.4 is 16.5 Å². The topological polar surface area (TPSA) is 79.5 Å². The molecule has 19 heavy (non-hydrogen) atoms. The minimum Gasteiger partial charge on any atom is -0.375 e. The van der Waals surface area contributed by atoms with Crippen LogP contribution in [-0.2, 0) is 4.79 Å². The van der Waals surface area contributed by atoms with E-state index in [1.165, 1.54) is 0 Å². The SMILES string of the molecule is C/C(=N\NC(N)=S)c1ccc(NC(=O)C(C)C)cc1. The number of hydrogen-bond acceptors (Lipinski definition) is 3. The number of rotatable bonds is 4. The Bertz CT molecular complexity index is 494. The molecule has 1 aromatic carbocycles. The Morgan fingerprint density at radius 2 is 1.89 bits per heavy atom. The zero-order valence-corrected chi connectivity index (χ0v) is 12.0. The fourth-order valence-electron chi connectivity index (χ4n) is 1.28. The fraction of sp³-hybridized carbons (Fsp3) is 0.308. The Hall–Kier alpha value is -1.95. The highest BCUT2D eigenvalue weighted by Crippen LogP contribution is 2.11. The zero-order chi connectivity index (χ0) is 14.4. The lowest BCUT2D eigenvalue weighted by molar-refractivity contribution is -0.118. The first-order valence-electron chi connectivity index (χ1n) is 5.91. The van der Waals surface area contributed by atoms with Crippen molar-refractivity contribution in [1.82, 2.24) is 5.43 Å². The lowest BCUT2D eigenvalue weighted by atomic mass is 10.1. The molecular formula is C13H18N4OS. The number of hydrogen-bond donors (Lipinski definition) is 3. The van der Waals surface area contributed by atoms with Gasteiger partial charge in [-0.1, -0.05) is 26.0 Å². The van der Waals surface area contributed by atoms with Gasteiger partial charge in [0.05, 0.1) is 5.71 Å². The first kappa shape index (κ1) is 15.1. The van der Waals surface area contributed by atoms with Gasteiger partial charge in [-0.2, -0.15) is 5.10 Å². The first-order valence-corrected chi connectivity index (χ1v) is 6.32. The zero-order valence-electron chi connectivity index (χ0n) is 11.2. The lowest BCUT2D eigenvalue weighted by Gasteiger charge is -2.08. The van der Waals surface area contributed by atoms with Crippen molar-refractivity contribution in [3.8, 4) is 0 Å². The van der Waals surface area contributed by atoms with Crippen LogP contribution in [0.15, 0.2) is 29.4 Å². The van der Waals surface area contributed by atoms with E-state index in [2.05, 4.69) is 28.1 Å². The summed E-state index contributed by atoms with van der Waals surface area (Å²) in [6, 6.07) is 7.40. The molecule has 102 valence electrons. The number of carbonyl (C=O) groups is 1. The summed E-state index contributed by atoms with van der Waals surface area (Å²) in [5.74, 6) is -0.0500. The van der Waals surface area contributed by atoms with Gasteiger partial charge < -0.3 is 11.1 Å². The van der Waals surface area contributed by atoms with Crippen LogP contribution in [0.5, 0.6) is 0 Å². The average molecular weight is 278 g/mol. The molecule has 6 heteroatoms. The van der Waals surface area contributed by atoms with E-state index < -0.39 is 0 Å². The molecule has 5 nitrogen and oxygen atoms in total. The fourth-order valence-corrected chi connectivity index (χ4v) is 1.33. The number of thiocarbonyl (C=S) groups is 1. The molecule has 0 aromatic heterocycles. The van der Waals surface area contributed by atoms with Crippen LogP contribution in [0.2, 0.25) is 0 Å². The second kappa shape index (κ2) is 6.84. The second-order valence-electron chi connectivity index (χ2n) is 4.39. The third-order valence-electron chi connectivity index (χ3n) is 2.43. The first-order chi connectivity index (χ1) is 8.90. The third kappa shape index (κ3) is 5.05. The Morgan fingerprint density at radius 1 is 1.32 bits per heavy atom. The molecule has 0 saturated carbocycles. The van der Waals surface area contributed by atoms with Gasteiger partial charge in [-0.05, 0) is 36.8 Å². The maximum atomic E-state index is 11.5. The van der Waals surface area contributed by atoms with E-state index in [4.69, 9.17) is 5.73 Å². The molecule has 0 aliphatic carbocycles. The van der Waals surface area contributed by atoms with Crippen molar-refractivity contribution in [3.63, 3.8) is 0 Å². The summed E-state index contributed by atoms with van der Waals surface area (Å²) in [7, 11) is 0. The summed E-state index contributed by atoms with van der Waals surface area (Å²) in [5, 5.41) is 6.97. The molecule has 0 aliphatic rings. The van der Waals surface area contributed by atoms with Crippen LogP contribution in [-0.4, -0.2) is 16.7 Å². The summed E-state index contributed by atoms with van der Waals surface area (Å²) in [5.41, 5.74) is 10.3. The number of benzene rings is 1. The standard InChI is InChI=1S/C13H18N4OS/c1-8(2)12(18)15-11-6-4-10(5-7-11)9(3)16-17-13(14)19/h4-8H,1-3H3,(H,15,18)(H3,14,17,19)/b16-9+. The lowest BCUT2D eigenvalue weighted by Crippen LogP contribution is -2.25. The van der Waals surface area contributed by atoms with Gasteiger partial charge in [0.2, 0.25) is 5.91 Å². The summed E-state index contributed by atoms with van der Waals surface area (Å²) < 4.78 is 0. The summed E-state index contributed by atoms with van der Waals surface area (Å²) in [6.45, 7) is 5.54. The van der Waals surface area contributed by atoms with E-state index in [1.807, 2.05) is 45.0 Å². The monoisotopic (exact) mass is 278 g/mol. The maximum Gasteiger partial charge on any atom is 0.226 e. The van der Waals surface area contributed by atoms with Gasteiger partial charge >= 0.3 is 0 Å². The van der Waals surface area contributed by atoms with Gasteiger partial charge in [-0.25, -0.2) is 0 Å². The van der Waals surface area contributed by atoms with E-state index in [-0.39, 0.29) is 16.9 Å². The minimum atomic E-state index is -0.0438. The van der Waals surface area contributed by atoms with Crippen LogP contribution in [0, 0.1) is 5.92 Å². The highest BCUT2D eigenvalue weighted by atomic mass is 32.1. The summed E-state index contributed by atoms with van der Waals surface area (Å²) >= 11 is 4.67. The van der Waals surface area contributed by atoms with Crippen molar-refractivity contribution < 1.29 is 4.79 Å². The van der Waals surface area contributed by atoms with Crippen LogP contribution in [0.1, 0.15) is 26.3 Å². The molecular weight excluding hydrogens is 260 g/mol. The van der Waals surface area contributed by atoms with Crippen molar-refractivity contribution in [3.05, 3.63) is 29.8 Å². The minimum absolute atomic E-state index is 0.00622. The average Bonchev–Trinajstić information content (AvgIpc) is 2.36. The molecule has 0 fully saturated rings. The van der Waals surface area contributed by atoms with Crippen LogP contribution in [0.4, 0.5) is 5.69 Å². The number of nitrogens with two attached hydrogens (primary N) is 1. The Kier molecular flexibility index (Phi) is 5.44. The van der Waals surface area contributed by atoms with E-state index >= 15 is 0 Å². The quantitative estimate of drug-likeness (QED) is 0.446. The van der Waals surface area contributed by atoms with Crippen LogP contribution >= 0.6 is 12.2 Å². The van der Waals surface area contributed by atoms with E-state index in [1.54, 1.807) is 0 Å². The Labute approximate surface area is 118 Å². The van der Waals surface area contributed by atoms with Gasteiger partial charge in [0, 0.05) is 11.6 Å². The predicted octanol–water partition coefficient (Wildman–Crippen LogP) is 1.84. The highest BCUT2D eigenvalue weighted by Gasteiger charge is 2.07. The molecule has 0 spiro atoms. The molecule has 0 saturated heterocycles. The molecule has 0 atom stereocenters. The van der Waals surface area contributed by atoms with Gasteiger partial charge in [-0.15, -0.1) is 0 Å². The summed E-state index contributed by atoms with van der Waals surface area (Å²) in [6.07, 6.45) is 0. The van der Waals surface area contributed by atoms with Crippen molar-refractivity contribution in [2.45, 2.75) is 20.8 Å². The molecule has 4 N–H and O–H groups in total. The molecule has 0 unspecified atom stereocenters. The van der Waals surface area contributed by atoms with Crippen molar-refractivity contribution in [1.29, 1.82) is 0 Å². The van der Waals surface area contributed by atoms with Gasteiger partial charge in [0.25, 0.3) is 0 Å². The van der Waals surface area contributed by atoms with Crippen molar-refractivity contribution in [2.24, 2.45) is 16.8 Å². The third-order valence-corrected chi connectivity index (χ3v) is 2.52. The van der Waals surface area contributed by atoms with Gasteiger partial charge in [0.1, 0.15) is 0 Å². The number of carbonyl (C=O) groups excluding carboxylic acids is 1. The van der Waals surface area contributed by atoms with E-state index in [0.717, 1.165) is 17.0 Å². The highest BCUT2D eigenvalue weighted by molar-refractivity contribution is 7.80. The number of nitrogens with one attached hydrogen (secondary N) is 2. The van der Waals surface area contributed by atoms with Crippen molar-refractivity contribution >= 4 is 34.6 Å². The van der Waals surface area contributed by atoms with Gasteiger partial charge in [-0.3, -0.25) is 10.2 Å². The predicted molar refractivity (Wildman–Crippen MR) is 82.0 cm³/mol. The molecule has 1 amide bonds. The molecule has 1 aromatic rings. The Balaban J connectivity index is 2.73. The van der Waals surface area contributed by atoms with E-state index in [9.17, 15) is 4.79 Å². The van der Waals surface area contributed by atoms with Crippen LogP contribution in [0.25, 0.3) is 0 Å². The van der Waals surface area contributed by atoms with Crippen molar-refractivity contribution in [2.75, 3.05) is 5.32 Å². The molecule has 0 bridgehead atoms. The number of nitrogens with zero attached hydrogens (tertiary/aromatic N) is 1. The maximum absolute atomic E-state index is 11.5. The molecule has 0 aliphatic heterocycles. The summed E-state index contributed by atoms with van der Waals surface area (Å²) in [4.78, 5) is 11.5. The largest absolute Gasteiger partial charge is 0.375 e.